The van der Waals surface area contributed by atoms with Gasteiger partial charge in [0.2, 0.25) is 5.91 Å². The van der Waals surface area contributed by atoms with E-state index in [2.05, 4.69) is 4.98 Å². The Bertz CT molecular complexity index is 1360. The number of ether oxygens (including phenoxy) is 1. The number of anilines is 1. The van der Waals surface area contributed by atoms with Crippen LogP contribution in [0.25, 0.3) is 0 Å². The quantitative estimate of drug-likeness (QED) is 0.280. The lowest BCUT2D eigenvalue weighted by Crippen LogP contribution is -2.61. The van der Waals surface area contributed by atoms with Gasteiger partial charge in [0.05, 0.1) is 24.1 Å². The monoisotopic (exact) mass is 520 g/mol. The second kappa shape index (κ2) is 9.95. The van der Waals surface area contributed by atoms with Gasteiger partial charge in [-0.3, -0.25) is 9.78 Å². The normalized spacial score (nSPS) is 20.7. The van der Waals surface area contributed by atoms with E-state index < -0.39 is 6.16 Å². The molecule has 2 aromatic carbocycles. The van der Waals surface area contributed by atoms with E-state index in [1.54, 1.807) is 65.8 Å². The lowest BCUT2D eigenvalue weighted by molar-refractivity contribution is -0.886. The largest absolute Gasteiger partial charge is 0.511 e. The third kappa shape index (κ3) is 4.58. The molecule has 1 fully saturated rings. The van der Waals surface area contributed by atoms with Crippen LogP contribution in [0.5, 0.6) is 5.75 Å². The number of carbonyl (C=O) groups is 3. The summed E-state index contributed by atoms with van der Waals surface area (Å²) in [6, 6.07) is 15.2. The molecule has 0 saturated carbocycles. The number of carbonyl (C=O) groups excluding carboxylic acids is 2. The number of carboxylic acid groups (broad SMARTS) is 1. The van der Waals surface area contributed by atoms with Crippen LogP contribution in [0.2, 0.25) is 5.02 Å². The van der Waals surface area contributed by atoms with Crippen molar-refractivity contribution in [3.63, 3.8) is 0 Å². The highest BCUT2D eigenvalue weighted by molar-refractivity contribution is 6.33. The van der Waals surface area contributed by atoms with Crippen molar-refractivity contribution in [2.45, 2.75) is 37.8 Å². The number of quaternary nitrogens is 1. The van der Waals surface area contributed by atoms with Gasteiger partial charge in [-0.05, 0) is 48.4 Å². The summed E-state index contributed by atoms with van der Waals surface area (Å²) in [5, 5.41) is 9.48. The van der Waals surface area contributed by atoms with E-state index in [0.717, 1.165) is 23.2 Å². The van der Waals surface area contributed by atoms with Gasteiger partial charge in [-0.15, -0.1) is 0 Å². The van der Waals surface area contributed by atoms with E-state index in [0.29, 0.717) is 30.0 Å². The standard InChI is InChI=1S/C28H26ClN3O5/c1-32(27(34)22-4-2-3-5-24(22)29,20-12-15-31(26(33)16-20)19-10-13-30-14-11-19)25-9-7-18-6-8-21(17-23(18)25)37-28(35)36/h2-6,8,10-11,13-14,17,20,25H,7,9,12,15-16H2,1H3/p+1/t20?,25-,32?/m1/s1. The van der Waals surface area contributed by atoms with Gasteiger partial charge < -0.3 is 14.7 Å². The van der Waals surface area contributed by atoms with Gasteiger partial charge in [-0.1, -0.05) is 29.8 Å². The SMILES string of the molecule is C[N+](C(=O)c1ccccc1Cl)(C1CCN(c2ccncc2)C(=O)C1)[C@@H]1CCc2ccc(OC(=O)O)cc21. The van der Waals surface area contributed by atoms with Crippen LogP contribution in [-0.2, 0) is 11.2 Å². The average Bonchev–Trinajstić information content (AvgIpc) is 3.32. The molecule has 1 aliphatic carbocycles. The molecule has 1 saturated heterocycles. The van der Waals surface area contributed by atoms with E-state index >= 15 is 0 Å². The Kier molecular flexibility index (Phi) is 6.70. The molecule has 2 unspecified atom stereocenters. The Labute approximate surface area is 219 Å². The molecule has 1 aliphatic heterocycles. The first-order valence-electron chi connectivity index (χ1n) is 12.2. The molecule has 3 atom stereocenters. The van der Waals surface area contributed by atoms with E-state index in [4.69, 9.17) is 21.4 Å². The fourth-order valence-electron chi connectivity index (χ4n) is 5.81. The number of rotatable bonds is 5. The molecule has 2 amide bonds. The molecular formula is C28H27ClN3O5+. The summed E-state index contributed by atoms with van der Waals surface area (Å²) in [7, 11) is 1.89. The van der Waals surface area contributed by atoms with Crippen molar-refractivity contribution in [3.05, 3.63) is 88.7 Å². The zero-order chi connectivity index (χ0) is 26.2. The van der Waals surface area contributed by atoms with Gasteiger partial charge >= 0.3 is 12.1 Å². The van der Waals surface area contributed by atoms with Gasteiger partial charge in [0.15, 0.2) is 0 Å². The van der Waals surface area contributed by atoms with Crippen molar-refractivity contribution in [2.75, 3.05) is 18.5 Å². The van der Waals surface area contributed by atoms with Gasteiger partial charge in [0.1, 0.15) is 17.8 Å². The lowest BCUT2D eigenvalue weighted by atomic mass is 9.92. The minimum atomic E-state index is -1.40. The first-order chi connectivity index (χ1) is 17.8. The Morgan fingerprint density at radius 3 is 2.57 bits per heavy atom. The summed E-state index contributed by atoms with van der Waals surface area (Å²) in [5.74, 6) is -0.0124. The molecule has 1 N–H and O–H groups in total. The molecule has 0 bridgehead atoms. The molecule has 2 heterocycles. The zero-order valence-corrected chi connectivity index (χ0v) is 21.1. The van der Waals surface area contributed by atoms with Gasteiger partial charge in [0, 0.05) is 43.0 Å². The van der Waals surface area contributed by atoms with Crippen LogP contribution in [0, 0.1) is 0 Å². The smallest absolute Gasteiger partial charge is 0.449 e. The molecule has 190 valence electrons. The molecule has 0 spiro atoms. The fourth-order valence-corrected chi connectivity index (χ4v) is 6.02. The molecule has 37 heavy (non-hydrogen) atoms. The summed E-state index contributed by atoms with van der Waals surface area (Å²) < 4.78 is 4.89. The Morgan fingerprint density at radius 2 is 1.86 bits per heavy atom. The molecule has 0 radical (unpaired) electrons. The van der Waals surface area contributed by atoms with E-state index in [-0.39, 0.29) is 40.6 Å². The van der Waals surface area contributed by atoms with Crippen LogP contribution >= 0.6 is 11.6 Å². The minimum absolute atomic E-state index is 0.0385. The number of piperidine rings is 1. The maximum Gasteiger partial charge on any atom is 0.511 e. The van der Waals surface area contributed by atoms with Gasteiger partial charge in [-0.2, -0.15) is 0 Å². The molecule has 1 aromatic heterocycles. The van der Waals surface area contributed by atoms with Crippen molar-refractivity contribution >= 4 is 35.3 Å². The summed E-state index contributed by atoms with van der Waals surface area (Å²) >= 11 is 6.49. The molecule has 9 heteroatoms. The van der Waals surface area contributed by atoms with Crippen molar-refractivity contribution in [3.8, 4) is 5.75 Å². The van der Waals surface area contributed by atoms with Crippen LogP contribution in [0.3, 0.4) is 0 Å². The molecule has 2 aliphatic rings. The molecule has 8 nitrogen and oxygen atoms in total. The van der Waals surface area contributed by atoms with Crippen molar-refractivity contribution < 1.29 is 28.7 Å². The maximum atomic E-state index is 14.3. The third-order valence-electron chi connectivity index (χ3n) is 7.69. The number of aromatic nitrogens is 1. The van der Waals surface area contributed by atoms with Crippen LogP contribution < -0.4 is 9.64 Å². The Hall–Kier alpha value is -3.75. The van der Waals surface area contributed by atoms with Crippen LogP contribution in [0.1, 0.15) is 46.8 Å². The van der Waals surface area contributed by atoms with Crippen molar-refractivity contribution in [1.82, 2.24) is 4.98 Å². The first kappa shape index (κ1) is 24.9. The van der Waals surface area contributed by atoms with Crippen LogP contribution in [0.4, 0.5) is 10.5 Å². The second-order valence-corrected chi connectivity index (χ2v) is 10.0. The van der Waals surface area contributed by atoms with Crippen molar-refractivity contribution in [1.29, 1.82) is 0 Å². The second-order valence-electron chi connectivity index (χ2n) is 9.61. The minimum Gasteiger partial charge on any atom is -0.449 e. The molecule has 3 aromatic rings. The van der Waals surface area contributed by atoms with Crippen LogP contribution in [0.15, 0.2) is 67.0 Å². The van der Waals surface area contributed by atoms with Gasteiger partial charge in [-0.25, -0.2) is 14.1 Å². The van der Waals surface area contributed by atoms with Crippen LogP contribution in [-0.4, -0.2) is 52.2 Å². The number of benzene rings is 2. The first-order valence-corrected chi connectivity index (χ1v) is 12.6. The topological polar surface area (TPSA) is 96.8 Å². The highest BCUT2D eigenvalue weighted by Crippen LogP contribution is 2.46. The number of pyridine rings is 1. The summed E-state index contributed by atoms with van der Waals surface area (Å²) in [5.41, 5.74) is 3.10. The van der Waals surface area contributed by atoms with E-state index in [9.17, 15) is 14.4 Å². The number of aryl methyl sites for hydroxylation is 1. The average molecular weight is 521 g/mol. The number of hydrogen-bond donors (Lipinski definition) is 1. The maximum absolute atomic E-state index is 14.3. The third-order valence-corrected chi connectivity index (χ3v) is 8.02. The number of fused-ring (bicyclic) bond motifs is 1. The molecule has 5 rings (SSSR count). The number of nitrogens with zero attached hydrogens (tertiary/aromatic N) is 3. The van der Waals surface area contributed by atoms with Gasteiger partial charge in [0.25, 0.3) is 0 Å². The zero-order valence-electron chi connectivity index (χ0n) is 20.3. The predicted molar refractivity (Wildman–Crippen MR) is 138 cm³/mol. The predicted octanol–water partition coefficient (Wildman–Crippen LogP) is 5.26. The highest BCUT2D eigenvalue weighted by Gasteiger charge is 2.52. The molecular weight excluding hydrogens is 494 g/mol. The summed E-state index contributed by atoms with van der Waals surface area (Å²) in [4.78, 5) is 44.7. The summed E-state index contributed by atoms with van der Waals surface area (Å²) in [6.45, 7) is 0.471. The van der Waals surface area contributed by atoms with Crippen molar-refractivity contribution in [2.24, 2.45) is 0 Å². The van der Waals surface area contributed by atoms with E-state index in [1.165, 1.54) is 0 Å². The van der Waals surface area contributed by atoms with E-state index in [1.807, 2.05) is 13.1 Å². The number of hydrogen-bond acceptors (Lipinski definition) is 5. The summed E-state index contributed by atoms with van der Waals surface area (Å²) in [6.07, 6.45) is 4.12. The lowest BCUT2D eigenvalue weighted by Gasteiger charge is -2.46. The highest BCUT2D eigenvalue weighted by atomic mass is 35.5. The number of halogens is 1. The fraction of sp³-hybridized carbons (Fsp3) is 0.286. The number of amides is 2. The Morgan fingerprint density at radius 1 is 1.11 bits per heavy atom. The Balaban J connectivity index is 1.55.